The van der Waals surface area contributed by atoms with Gasteiger partial charge in [-0.15, -0.1) is 0 Å². The number of rotatable bonds is 3. The van der Waals surface area contributed by atoms with Crippen molar-refractivity contribution in [1.82, 2.24) is 10.3 Å². The van der Waals surface area contributed by atoms with Crippen molar-refractivity contribution in [3.8, 4) is 5.75 Å². The van der Waals surface area contributed by atoms with Crippen LogP contribution < -0.4 is 5.32 Å². The first-order valence-electron chi connectivity index (χ1n) is 8.48. The molecule has 4 nitrogen and oxygen atoms in total. The number of phenolic OH excluding ortho intramolecular Hbond substituents is 1. The third-order valence-electron chi connectivity index (χ3n) is 4.54. The third kappa shape index (κ3) is 3.34. The number of halogens is 1. The van der Waals surface area contributed by atoms with Crippen molar-refractivity contribution in [2.75, 3.05) is 0 Å². The van der Waals surface area contributed by atoms with Gasteiger partial charge in [0.1, 0.15) is 11.9 Å². The first-order valence-corrected chi connectivity index (χ1v) is 8.85. The molecule has 26 heavy (non-hydrogen) atoms. The Balaban J connectivity index is 1.79. The number of hydrogen-bond donors (Lipinski definition) is 2. The summed E-state index contributed by atoms with van der Waals surface area (Å²) in [5, 5.41) is 14.5. The summed E-state index contributed by atoms with van der Waals surface area (Å²) in [6, 6.07) is 19.0. The van der Waals surface area contributed by atoms with Gasteiger partial charge >= 0.3 is 0 Å². The fourth-order valence-corrected chi connectivity index (χ4v) is 3.48. The number of aromatic hydroxyl groups is 1. The molecule has 1 aliphatic rings. The van der Waals surface area contributed by atoms with Crippen molar-refractivity contribution in [1.29, 1.82) is 0 Å². The quantitative estimate of drug-likeness (QED) is 0.711. The second-order valence-corrected chi connectivity index (χ2v) is 6.63. The summed E-state index contributed by atoms with van der Waals surface area (Å²) >= 11 is 6.41. The predicted octanol–water partition coefficient (Wildman–Crippen LogP) is 4.66. The summed E-state index contributed by atoms with van der Waals surface area (Å²) in [6.07, 6.45) is 3.98. The topological polar surface area (TPSA) is 57.5 Å². The number of nitrogens with zero attached hydrogens (tertiary/aromatic N) is 2. The van der Waals surface area contributed by atoms with Crippen LogP contribution in [0, 0.1) is 0 Å². The highest BCUT2D eigenvalue weighted by molar-refractivity contribution is 6.31. The molecule has 2 N–H and O–H groups in total. The monoisotopic (exact) mass is 363 g/mol. The molecule has 0 saturated carbocycles. The van der Waals surface area contributed by atoms with Gasteiger partial charge in [-0.3, -0.25) is 15.3 Å². The number of benzene rings is 2. The lowest BCUT2D eigenvalue weighted by Gasteiger charge is -2.31. The Morgan fingerprint density at radius 1 is 1.00 bits per heavy atom. The maximum atomic E-state index is 10.3. The zero-order valence-electron chi connectivity index (χ0n) is 14.0. The van der Waals surface area contributed by atoms with Gasteiger partial charge in [0, 0.05) is 41.0 Å². The Morgan fingerprint density at radius 3 is 2.58 bits per heavy atom. The van der Waals surface area contributed by atoms with Crippen LogP contribution in [0.2, 0.25) is 5.02 Å². The first-order chi connectivity index (χ1) is 12.7. The number of para-hydroxylation sites is 1. The molecule has 0 fully saturated rings. The predicted molar refractivity (Wildman–Crippen MR) is 104 cm³/mol. The first kappa shape index (κ1) is 16.8. The highest BCUT2D eigenvalue weighted by atomic mass is 35.5. The smallest absolute Gasteiger partial charge is 0.127 e. The molecule has 0 bridgehead atoms. The van der Waals surface area contributed by atoms with E-state index in [1.54, 1.807) is 12.3 Å². The second-order valence-electron chi connectivity index (χ2n) is 6.23. The molecule has 0 spiro atoms. The van der Waals surface area contributed by atoms with Gasteiger partial charge in [0.05, 0.1) is 5.71 Å². The molecule has 2 heterocycles. The van der Waals surface area contributed by atoms with Crippen LogP contribution in [-0.2, 0) is 0 Å². The molecule has 0 saturated heterocycles. The van der Waals surface area contributed by atoms with Crippen molar-refractivity contribution in [2.45, 2.75) is 18.6 Å². The van der Waals surface area contributed by atoms with Crippen LogP contribution in [0.1, 0.15) is 35.3 Å². The van der Waals surface area contributed by atoms with Crippen LogP contribution in [0.15, 0.2) is 78.0 Å². The average molecular weight is 364 g/mol. The number of nitrogens with one attached hydrogen (secondary N) is 1. The number of aromatic nitrogens is 1. The molecule has 0 aliphatic carbocycles. The molecule has 0 radical (unpaired) electrons. The number of aliphatic imine (C=N–C) groups is 1. The zero-order chi connectivity index (χ0) is 17.9. The minimum Gasteiger partial charge on any atom is -0.507 e. The highest BCUT2D eigenvalue weighted by Crippen LogP contribution is 2.34. The summed E-state index contributed by atoms with van der Waals surface area (Å²) in [7, 11) is 0. The van der Waals surface area contributed by atoms with Crippen molar-refractivity contribution >= 4 is 17.3 Å². The summed E-state index contributed by atoms with van der Waals surface area (Å²) in [6.45, 7) is 0. The van der Waals surface area contributed by atoms with Crippen LogP contribution in [0.4, 0.5) is 0 Å². The lowest BCUT2D eigenvalue weighted by Crippen LogP contribution is -2.33. The van der Waals surface area contributed by atoms with E-state index in [-0.39, 0.29) is 18.0 Å². The van der Waals surface area contributed by atoms with E-state index in [2.05, 4.69) is 10.3 Å². The minimum atomic E-state index is -0.294. The molecule has 1 aromatic heterocycles. The van der Waals surface area contributed by atoms with E-state index in [0.717, 1.165) is 22.4 Å². The van der Waals surface area contributed by atoms with E-state index in [0.29, 0.717) is 11.4 Å². The Bertz CT molecular complexity index is 943. The maximum absolute atomic E-state index is 10.3. The van der Waals surface area contributed by atoms with E-state index >= 15 is 0 Å². The molecular weight excluding hydrogens is 346 g/mol. The Morgan fingerprint density at radius 2 is 1.81 bits per heavy atom. The summed E-state index contributed by atoms with van der Waals surface area (Å²) in [5.41, 5.74) is 3.59. The fourth-order valence-electron chi connectivity index (χ4n) is 3.24. The van der Waals surface area contributed by atoms with Gasteiger partial charge in [-0.2, -0.15) is 0 Å². The normalized spacial score (nSPS) is 19.8. The fraction of sp³-hybridized carbons (Fsp3) is 0.143. The van der Waals surface area contributed by atoms with Gasteiger partial charge in [-0.1, -0.05) is 48.0 Å². The number of hydrogen-bond acceptors (Lipinski definition) is 4. The van der Waals surface area contributed by atoms with Crippen LogP contribution in [0.5, 0.6) is 5.75 Å². The number of pyridine rings is 1. The van der Waals surface area contributed by atoms with Gasteiger partial charge in [0.15, 0.2) is 0 Å². The van der Waals surface area contributed by atoms with Crippen LogP contribution in [-0.4, -0.2) is 15.8 Å². The molecule has 130 valence electrons. The Labute approximate surface area is 157 Å². The van der Waals surface area contributed by atoms with E-state index in [1.165, 1.54) is 0 Å². The third-order valence-corrected chi connectivity index (χ3v) is 4.89. The second kappa shape index (κ2) is 7.28. The van der Waals surface area contributed by atoms with Gasteiger partial charge in [0.25, 0.3) is 0 Å². The highest BCUT2D eigenvalue weighted by Gasteiger charge is 2.28. The molecule has 4 rings (SSSR count). The van der Waals surface area contributed by atoms with Crippen molar-refractivity contribution in [3.63, 3.8) is 0 Å². The molecular formula is C21H18ClN3O. The van der Waals surface area contributed by atoms with Crippen LogP contribution in [0.3, 0.4) is 0 Å². The Kier molecular flexibility index (Phi) is 4.69. The van der Waals surface area contributed by atoms with E-state index < -0.39 is 0 Å². The maximum Gasteiger partial charge on any atom is 0.127 e. The standard InChI is InChI=1S/C21H18ClN3O/c22-17-9-3-1-7-15(17)21-24-18(14-6-5-11-23-13-14)12-19(25-21)16-8-2-4-10-20(16)26/h1-11,13,18,21,24,26H,12H2/t18-,21-/m1/s1. The SMILES string of the molecule is Oc1ccccc1C1=N[C@H](c2ccccc2Cl)N[C@@H](c2cccnc2)C1. The van der Waals surface area contributed by atoms with E-state index in [4.69, 9.17) is 16.6 Å². The van der Waals surface area contributed by atoms with E-state index in [9.17, 15) is 5.11 Å². The van der Waals surface area contributed by atoms with Crippen molar-refractivity contribution in [2.24, 2.45) is 4.99 Å². The largest absolute Gasteiger partial charge is 0.507 e. The van der Waals surface area contributed by atoms with Crippen LogP contribution >= 0.6 is 11.6 Å². The summed E-state index contributed by atoms with van der Waals surface area (Å²) in [5.74, 6) is 0.232. The molecule has 2 aromatic carbocycles. The van der Waals surface area contributed by atoms with Gasteiger partial charge < -0.3 is 5.11 Å². The molecule has 0 unspecified atom stereocenters. The average Bonchev–Trinajstić information content (AvgIpc) is 2.69. The summed E-state index contributed by atoms with van der Waals surface area (Å²) < 4.78 is 0. The van der Waals surface area contributed by atoms with E-state index in [1.807, 2.05) is 60.8 Å². The zero-order valence-corrected chi connectivity index (χ0v) is 14.8. The van der Waals surface area contributed by atoms with Crippen molar-refractivity contribution in [3.05, 3.63) is 94.8 Å². The molecule has 5 heteroatoms. The van der Waals surface area contributed by atoms with Gasteiger partial charge in [-0.05, 0) is 29.8 Å². The molecule has 3 aromatic rings. The molecule has 2 atom stereocenters. The lowest BCUT2D eigenvalue weighted by atomic mass is 9.94. The molecule has 1 aliphatic heterocycles. The minimum absolute atomic E-state index is 0.0251. The summed E-state index contributed by atoms with van der Waals surface area (Å²) in [4.78, 5) is 9.10. The van der Waals surface area contributed by atoms with Crippen LogP contribution in [0.25, 0.3) is 0 Å². The molecule has 0 amide bonds. The number of phenols is 1. The van der Waals surface area contributed by atoms with Gasteiger partial charge in [-0.25, -0.2) is 0 Å². The lowest BCUT2D eigenvalue weighted by molar-refractivity contribution is 0.438. The van der Waals surface area contributed by atoms with Crippen molar-refractivity contribution < 1.29 is 5.11 Å². The Hall–Kier alpha value is -2.69. The van der Waals surface area contributed by atoms with Gasteiger partial charge in [0.2, 0.25) is 0 Å².